The van der Waals surface area contributed by atoms with Crippen molar-refractivity contribution in [1.29, 1.82) is 0 Å². The highest BCUT2D eigenvalue weighted by Gasteiger charge is 2.30. The molecule has 1 aliphatic rings. The molecule has 0 aliphatic heterocycles. The van der Waals surface area contributed by atoms with Crippen LogP contribution < -0.4 is 10.2 Å². The highest BCUT2D eigenvalue weighted by molar-refractivity contribution is 5.73. The number of halogens is 1. The van der Waals surface area contributed by atoms with Crippen molar-refractivity contribution in [1.82, 2.24) is 4.90 Å². The second kappa shape index (κ2) is 6.09. The third-order valence-electron chi connectivity index (χ3n) is 3.76. The van der Waals surface area contributed by atoms with Crippen LogP contribution in [0.5, 0.6) is 5.75 Å². The van der Waals surface area contributed by atoms with Gasteiger partial charge in [0.2, 0.25) is 5.91 Å². The minimum atomic E-state index is -0.422. The lowest BCUT2D eigenvalue weighted by Crippen LogP contribution is -2.34. The normalized spacial score (nSPS) is 21.6. The molecule has 0 spiro atoms. The van der Waals surface area contributed by atoms with Gasteiger partial charge in [-0.15, -0.1) is 0 Å². The van der Waals surface area contributed by atoms with E-state index in [4.69, 9.17) is 9.94 Å². The van der Waals surface area contributed by atoms with Crippen molar-refractivity contribution < 1.29 is 19.1 Å². The van der Waals surface area contributed by atoms with E-state index >= 15 is 0 Å². The van der Waals surface area contributed by atoms with E-state index in [1.54, 1.807) is 11.9 Å². The number of nitrogens with one attached hydrogen (secondary N) is 1. The molecule has 2 rings (SSSR count). The predicted octanol–water partition coefficient (Wildman–Crippen LogP) is 2.41. The minimum absolute atomic E-state index is 0.0270. The summed E-state index contributed by atoms with van der Waals surface area (Å²) in [4.78, 5) is 13.0. The summed E-state index contributed by atoms with van der Waals surface area (Å²) in [6.07, 6.45) is 2.27. The van der Waals surface area contributed by atoms with Crippen molar-refractivity contribution in [2.75, 3.05) is 12.5 Å². The van der Waals surface area contributed by atoms with Crippen LogP contribution in [0, 0.1) is 5.82 Å². The van der Waals surface area contributed by atoms with Crippen LogP contribution in [0.4, 0.5) is 10.1 Å². The maximum absolute atomic E-state index is 13.2. The summed E-state index contributed by atoms with van der Waals surface area (Å²) in [5.41, 5.74) is 2.32. The van der Waals surface area contributed by atoms with E-state index in [1.807, 2.05) is 5.48 Å². The molecular weight excluding hydrogens is 263 g/mol. The molecule has 5 nitrogen and oxygen atoms in total. The molecule has 0 unspecified atom stereocenters. The number of benzene rings is 1. The van der Waals surface area contributed by atoms with E-state index < -0.39 is 5.82 Å². The first-order chi connectivity index (χ1) is 9.51. The molecule has 110 valence electrons. The van der Waals surface area contributed by atoms with Crippen molar-refractivity contribution >= 4 is 11.6 Å². The zero-order valence-corrected chi connectivity index (χ0v) is 11.6. The summed E-state index contributed by atoms with van der Waals surface area (Å²) in [5, 5.41) is 8.99. The maximum atomic E-state index is 13.2. The number of ether oxygens (including phenoxy) is 1. The number of hydrogen-bond donors (Lipinski definition) is 2. The van der Waals surface area contributed by atoms with Gasteiger partial charge < -0.3 is 9.64 Å². The smallest absolute Gasteiger partial charge is 0.219 e. The van der Waals surface area contributed by atoms with Gasteiger partial charge in [-0.2, -0.15) is 0 Å². The number of carbonyl (C=O) groups is 1. The van der Waals surface area contributed by atoms with Crippen LogP contribution >= 0.6 is 0 Å². The van der Waals surface area contributed by atoms with E-state index in [0.717, 1.165) is 12.8 Å². The molecule has 1 aliphatic carbocycles. The van der Waals surface area contributed by atoms with Crippen molar-refractivity contribution in [3.63, 3.8) is 0 Å². The molecule has 2 N–H and O–H groups in total. The first kappa shape index (κ1) is 14.6. The third kappa shape index (κ3) is 3.19. The van der Waals surface area contributed by atoms with Crippen LogP contribution in [0.2, 0.25) is 0 Å². The number of amides is 1. The molecule has 1 fully saturated rings. The average molecular weight is 282 g/mol. The van der Waals surface area contributed by atoms with Crippen molar-refractivity contribution in [3.05, 3.63) is 24.0 Å². The molecule has 0 heterocycles. The van der Waals surface area contributed by atoms with E-state index in [-0.39, 0.29) is 23.8 Å². The molecule has 0 aromatic heterocycles. The fraction of sp³-hybridized carbons (Fsp3) is 0.500. The average Bonchev–Trinajstić information content (AvgIpc) is 2.86. The Bertz CT molecular complexity index is 495. The first-order valence-electron chi connectivity index (χ1n) is 6.61. The van der Waals surface area contributed by atoms with Gasteiger partial charge in [0.1, 0.15) is 23.4 Å². The fourth-order valence-electron chi connectivity index (χ4n) is 2.50. The Balaban J connectivity index is 2.02. The fourth-order valence-corrected chi connectivity index (χ4v) is 2.50. The van der Waals surface area contributed by atoms with Crippen LogP contribution in [0.25, 0.3) is 0 Å². The molecule has 2 atom stereocenters. The second-order valence-electron chi connectivity index (χ2n) is 5.09. The molecule has 1 aromatic rings. The van der Waals surface area contributed by atoms with Crippen molar-refractivity contribution in [2.45, 2.75) is 38.3 Å². The topological polar surface area (TPSA) is 61.8 Å². The van der Waals surface area contributed by atoms with Gasteiger partial charge in [0.05, 0.1) is 0 Å². The number of anilines is 1. The Morgan fingerprint density at radius 1 is 1.50 bits per heavy atom. The molecule has 0 radical (unpaired) electrons. The minimum Gasteiger partial charge on any atom is -0.488 e. The Kier molecular flexibility index (Phi) is 4.44. The summed E-state index contributed by atoms with van der Waals surface area (Å²) in [6.45, 7) is 1.54. The van der Waals surface area contributed by atoms with Gasteiger partial charge in [0.15, 0.2) is 0 Å². The zero-order valence-electron chi connectivity index (χ0n) is 11.6. The molecule has 1 aromatic carbocycles. The Hall–Kier alpha value is -1.82. The lowest BCUT2D eigenvalue weighted by Gasteiger charge is -2.23. The molecule has 1 saturated carbocycles. The van der Waals surface area contributed by atoms with E-state index in [2.05, 4.69) is 0 Å². The highest BCUT2D eigenvalue weighted by Crippen LogP contribution is 2.31. The Morgan fingerprint density at radius 3 is 2.90 bits per heavy atom. The van der Waals surface area contributed by atoms with Gasteiger partial charge in [-0.05, 0) is 25.0 Å². The third-order valence-corrected chi connectivity index (χ3v) is 3.76. The van der Waals surface area contributed by atoms with Crippen molar-refractivity contribution in [2.24, 2.45) is 0 Å². The molecule has 20 heavy (non-hydrogen) atoms. The van der Waals surface area contributed by atoms with Gasteiger partial charge in [0, 0.05) is 32.5 Å². The molecule has 0 bridgehead atoms. The maximum Gasteiger partial charge on any atom is 0.219 e. The second-order valence-corrected chi connectivity index (χ2v) is 5.09. The largest absolute Gasteiger partial charge is 0.488 e. The lowest BCUT2D eigenvalue weighted by atomic mass is 10.2. The summed E-state index contributed by atoms with van der Waals surface area (Å²) in [7, 11) is 1.78. The van der Waals surface area contributed by atoms with E-state index in [1.165, 1.54) is 25.1 Å². The van der Waals surface area contributed by atoms with E-state index in [0.29, 0.717) is 12.1 Å². The predicted molar refractivity (Wildman–Crippen MR) is 72.3 cm³/mol. The number of nitrogens with zero attached hydrogens (tertiary/aromatic N) is 1. The van der Waals surface area contributed by atoms with Crippen molar-refractivity contribution in [3.8, 4) is 5.75 Å². The van der Waals surface area contributed by atoms with Gasteiger partial charge in [-0.3, -0.25) is 15.5 Å². The highest BCUT2D eigenvalue weighted by atomic mass is 19.1. The quantitative estimate of drug-likeness (QED) is 0.832. The van der Waals surface area contributed by atoms with Crippen LogP contribution in [0.15, 0.2) is 18.2 Å². The summed E-state index contributed by atoms with van der Waals surface area (Å²) in [6, 6.07) is 4.04. The molecule has 6 heteroatoms. The SMILES string of the molecule is CC(=O)N(C)[C@H]1CC[C@H](Oc2cc(F)ccc2NO)C1. The zero-order chi connectivity index (χ0) is 14.7. The van der Waals surface area contributed by atoms with Gasteiger partial charge >= 0.3 is 0 Å². The van der Waals surface area contributed by atoms with E-state index in [9.17, 15) is 9.18 Å². The lowest BCUT2D eigenvalue weighted by molar-refractivity contribution is -0.129. The number of rotatable bonds is 4. The summed E-state index contributed by atoms with van der Waals surface area (Å²) in [5.74, 6) is -0.114. The summed E-state index contributed by atoms with van der Waals surface area (Å²) >= 11 is 0. The van der Waals surface area contributed by atoms with Gasteiger partial charge in [-0.25, -0.2) is 4.39 Å². The standard InChI is InChI=1S/C14H19FN2O3/c1-9(18)17(2)11-4-5-12(8-11)20-14-7-10(15)3-6-13(14)16-19/h3,6-7,11-12,16,19H,4-5,8H2,1-2H3/t11-,12-/m0/s1. The number of hydrogen-bond acceptors (Lipinski definition) is 4. The number of carbonyl (C=O) groups excluding carboxylic acids is 1. The van der Waals surface area contributed by atoms with Gasteiger partial charge in [-0.1, -0.05) is 0 Å². The molecule has 0 saturated heterocycles. The first-order valence-corrected chi connectivity index (χ1v) is 6.61. The van der Waals surface area contributed by atoms with Crippen LogP contribution in [0.3, 0.4) is 0 Å². The van der Waals surface area contributed by atoms with Crippen LogP contribution in [-0.4, -0.2) is 35.2 Å². The molecular formula is C14H19FN2O3. The Labute approximate surface area is 117 Å². The van der Waals surface area contributed by atoms with Crippen LogP contribution in [0.1, 0.15) is 26.2 Å². The summed E-state index contributed by atoms with van der Waals surface area (Å²) < 4.78 is 19.0. The van der Waals surface area contributed by atoms with Crippen LogP contribution in [-0.2, 0) is 4.79 Å². The Morgan fingerprint density at radius 2 is 2.25 bits per heavy atom. The van der Waals surface area contributed by atoms with Gasteiger partial charge in [0.25, 0.3) is 0 Å². The monoisotopic (exact) mass is 282 g/mol. The molecule has 1 amide bonds.